The average Bonchev–Trinajstić information content (AvgIpc) is 2.65. The van der Waals surface area contributed by atoms with E-state index in [1.165, 1.54) is 11.1 Å². The van der Waals surface area contributed by atoms with Crippen LogP contribution in [0.25, 0.3) is 0 Å². The highest BCUT2D eigenvalue weighted by atomic mass is 32.2. The number of likely N-dealkylation sites (N-methyl/N-ethyl adjacent to an activating group) is 1. The highest BCUT2D eigenvalue weighted by Crippen LogP contribution is 2.22. The zero-order valence-electron chi connectivity index (χ0n) is 13.4. The van der Waals surface area contributed by atoms with Crippen LogP contribution in [0.15, 0.2) is 24.3 Å². The molecule has 1 aliphatic heterocycles. The van der Waals surface area contributed by atoms with Gasteiger partial charge in [-0.05, 0) is 38.4 Å². The van der Waals surface area contributed by atoms with Gasteiger partial charge in [-0.2, -0.15) is 0 Å². The zero-order valence-corrected chi connectivity index (χ0v) is 14.2. The van der Waals surface area contributed by atoms with E-state index in [0.29, 0.717) is 13.0 Å². The quantitative estimate of drug-likeness (QED) is 0.881. The van der Waals surface area contributed by atoms with E-state index in [0.717, 1.165) is 0 Å². The highest BCUT2D eigenvalue weighted by Gasteiger charge is 2.39. The van der Waals surface area contributed by atoms with Gasteiger partial charge in [-0.25, -0.2) is 8.42 Å². The predicted octanol–water partition coefficient (Wildman–Crippen LogP) is 1.12. The van der Waals surface area contributed by atoms with Crippen molar-refractivity contribution in [3.05, 3.63) is 35.4 Å². The van der Waals surface area contributed by atoms with Crippen LogP contribution in [0.2, 0.25) is 0 Å². The number of hydrogen-bond donors (Lipinski definition) is 1. The van der Waals surface area contributed by atoms with Crippen LogP contribution in [0.3, 0.4) is 0 Å². The van der Waals surface area contributed by atoms with E-state index in [9.17, 15) is 13.2 Å². The van der Waals surface area contributed by atoms with Crippen molar-refractivity contribution in [1.82, 2.24) is 10.2 Å². The summed E-state index contributed by atoms with van der Waals surface area (Å²) < 4.78 is 23.1. The zero-order chi connectivity index (χ0) is 16.4. The number of rotatable bonds is 5. The van der Waals surface area contributed by atoms with Crippen molar-refractivity contribution in [3.8, 4) is 0 Å². The molecule has 0 aromatic heterocycles. The molecule has 1 aromatic rings. The lowest BCUT2D eigenvalue weighted by atomic mass is 10.0. The maximum Gasteiger partial charge on any atom is 0.234 e. The molecule has 0 radical (unpaired) electrons. The molecule has 1 N–H and O–H groups in total. The number of carbonyl (C=O) groups is 1. The van der Waals surface area contributed by atoms with Gasteiger partial charge >= 0.3 is 0 Å². The topological polar surface area (TPSA) is 66.5 Å². The van der Waals surface area contributed by atoms with Crippen molar-refractivity contribution in [2.24, 2.45) is 0 Å². The molecule has 22 heavy (non-hydrogen) atoms. The molecule has 1 heterocycles. The van der Waals surface area contributed by atoms with Crippen LogP contribution in [0.1, 0.15) is 24.5 Å². The summed E-state index contributed by atoms with van der Waals surface area (Å²) in [5.74, 6) is 0.0616. The Balaban J connectivity index is 1.88. The molecule has 0 unspecified atom stereocenters. The summed E-state index contributed by atoms with van der Waals surface area (Å²) in [6.45, 7) is 4.80. The number of sulfone groups is 1. The Hall–Kier alpha value is -1.40. The van der Waals surface area contributed by atoms with Gasteiger partial charge in [0.2, 0.25) is 5.91 Å². The van der Waals surface area contributed by atoms with Gasteiger partial charge in [-0.15, -0.1) is 0 Å². The lowest BCUT2D eigenvalue weighted by Crippen LogP contribution is -2.49. The second-order valence-corrected chi connectivity index (χ2v) is 8.73. The van der Waals surface area contributed by atoms with Gasteiger partial charge in [0.1, 0.15) is 0 Å². The first kappa shape index (κ1) is 17.0. The summed E-state index contributed by atoms with van der Waals surface area (Å²) >= 11 is 0. The first-order chi connectivity index (χ1) is 10.2. The minimum absolute atomic E-state index is 0.0350. The molecule has 122 valence electrons. The first-order valence-electron chi connectivity index (χ1n) is 7.44. The van der Waals surface area contributed by atoms with Crippen molar-refractivity contribution in [2.45, 2.75) is 32.4 Å². The molecule has 5 nitrogen and oxygen atoms in total. The molecule has 0 aliphatic carbocycles. The maximum atomic E-state index is 12.2. The van der Waals surface area contributed by atoms with Crippen LogP contribution >= 0.6 is 0 Å². The van der Waals surface area contributed by atoms with E-state index < -0.39 is 15.4 Å². The van der Waals surface area contributed by atoms with Crippen molar-refractivity contribution in [3.63, 3.8) is 0 Å². The molecule has 2 rings (SSSR count). The monoisotopic (exact) mass is 324 g/mol. The van der Waals surface area contributed by atoms with E-state index in [2.05, 4.69) is 11.4 Å². The first-order valence-corrected chi connectivity index (χ1v) is 9.26. The number of benzene rings is 1. The molecule has 0 spiro atoms. The third kappa shape index (κ3) is 4.55. The van der Waals surface area contributed by atoms with Gasteiger partial charge in [0.25, 0.3) is 0 Å². The van der Waals surface area contributed by atoms with Gasteiger partial charge in [0, 0.05) is 6.54 Å². The number of nitrogens with zero attached hydrogens (tertiary/aromatic N) is 1. The van der Waals surface area contributed by atoms with Crippen LogP contribution in [0, 0.1) is 6.92 Å². The molecule has 0 saturated carbocycles. The van der Waals surface area contributed by atoms with Crippen LogP contribution < -0.4 is 5.32 Å². The fourth-order valence-corrected chi connectivity index (χ4v) is 4.96. The van der Waals surface area contributed by atoms with E-state index in [1.807, 2.05) is 37.1 Å². The predicted molar refractivity (Wildman–Crippen MR) is 87.3 cm³/mol. The van der Waals surface area contributed by atoms with Crippen molar-refractivity contribution in [2.75, 3.05) is 25.1 Å². The minimum Gasteiger partial charge on any atom is -0.349 e. The normalized spacial score (nSPS) is 23.6. The Morgan fingerprint density at radius 2 is 2.05 bits per heavy atom. The fraction of sp³-hybridized carbons (Fsp3) is 0.562. The average molecular weight is 324 g/mol. The van der Waals surface area contributed by atoms with Gasteiger partial charge in [-0.3, -0.25) is 9.69 Å². The van der Waals surface area contributed by atoms with Crippen molar-refractivity contribution in [1.29, 1.82) is 0 Å². The fourth-order valence-electron chi connectivity index (χ4n) is 2.86. The molecule has 0 bridgehead atoms. The Morgan fingerprint density at radius 1 is 1.36 bits per heavy atom. The molecular formula is C16H24N2O3S. The number of carbonyl (C=O) groups excluding carboxylic acids is 1. The van der Waals surface area contributed by atoms with E-state index >= 15 is 0 Å². The van der Waals surface area contributed by atoms with Gasteiger partial charge in [0.15, 0.2) is 9.84 Å². The Morgan fingerprint density at radius 3 is 2.64 bits per heavy atom. The third-order valence-electron chi connectivity index (χ3n) is 4.06. The summed E-state index contributed by atoms with van der Waals surface area (Å²) in [5, 5.41) is 2.88. The molecule has 1 amide bonds. The largest absolute Gasteiger partial charge is 0.349 e. The summed E-state index contributed by atoms with van der Waals surface area (Å²) in [6, 6.07) is 8.08. The molecule has 1 saturated heterocycles. The van der Waals surface area contributed by atoms with Crippen molar-refractivity contribution >= 4 is 15.7 Å². The summed E-state index contributed by atoms with van der Waals surface area (Å²) in [5.41, 5.74) is 1.76. The van der Waals surface area contributed by atoms with Crippen molar-refractivity contribution < 1.29 is 13.2 Å². The molecular weight excluding hydrogens is 300 g/mol. The molecule has 1 atom stereocenters. The smallest absolute Gasteiger partial charge is 0.234 e. The van der Waals surface area contributed by atoms with E-state index in [-0.39, 0.29) is 24.0 Å². The van der Waals surface area contributed by atoms with Crippen LogP contribution in [0.4, 0.5) is 0 Å². The Bertz CT molecular complexity index is 657. The second-order valence-electron chi connectivity index (χ2n) is 6.55. The molecule has 1 aromatic carbocycles. The maximum absolute atomic E-state index is 12.2. The number of amides is 1. The van der Waals surface area contributed by atoms with Crippen LogP contribution in [0.5, 0.6) is 0 Å². The summed E-state index contributed by atoms with van der Waals surface area (Å²) in [6.07, 6.45) is 0.489. The standard InChI is InChI=1S/C16H24N2O3S/c1-13-6-4-5-7-14(13)10-18(3)11-15(19)17-16(2)8-9-22(20,21)12-16/h4-7H,8-12H2,1-3H3,(H,17,19)/t16-/m1/s1. The SMILES string of the molecule is Cc1ccccc1CN(C)CC(=O)N[C@]1(C)CCS(=O)(=O)C1. The molecule has 1 aliphatic rings. The van der Waals surface area contributed by atoms with Crippen LogP contribution in [-0.2, 0) is 21.2 Å². The summed E-state index contributed by atoms with van der Waals surface area (Å²) in [4.78, 5) is 14.1. The van der Waals surface area contributed by atoms with E-state index in [4.69, 9.17) is 0 Å². The molecule has 6 heteroatoms. The molecule has 1 fully saturated rings. The minimum atomic E-state index is -3.01. The Kier molecular flexibility index (Phi) is 4.92. The second kappa shape index (κ2) is 6.38. The summed E-state index contributed by atoms with van der Waals surface area (Å²) in [7, 11) is -1.12. The highest BCUT2D eigenvalue weighted by molar-refractivity contribution is 7.91. The van der Waals surface area contributed by atoms with Gasteiger partial charge in [-0.1, -0.05) is 24.3 Å². The number of nitrogens with one attached hydrogen (secondary N) is 1. The van der Waals surface area contributed by atoms with Crippen LogP contribution in [-0.4, -0.2) is 49.9 Å². The lowest BCUT2D eigenvalue weighted by Gasteiger charge is -2.26. The van der Waals surface area contributed by atoms with E-state index in [1.54, 1.807) is 6.92 Å². The van der Waals surface area contributed by atoms with Gasteiger partial charge < -0.3 is 5.32 Å². The number of hydrogen-bond acceptors (Lipinski definition) is 4. The number of aryl methyl sites for hydroxylation is 1. The van der Waals surface area contributed by atoms with Gasteiger partial charge in [0.05, 0.1) is 23.6 Å². The third-order valence-corrected chi connectivity index (χ3v) is 5.96. The Labute approximate surface area is 132 Å². The lowest BCUT2D eigenvalue weighted by molar-refractivity contribution is -0.123.